The molecule has 1 unspecified atom stereocenters. The molecule has 0 spiro atoms. The summed E-state index contributed by atoms with van der Waals surface area (Å²) in [4.78, 5) is 0.374. The monoisotopic (exact) mass is 273 g/mol. The Hall–Kier alpha value is -0.580. The average Bonchev–Trinajstić information content (AvgIpc) is 2.28. The highest BCUT2D eigenvalue weighted by molar-refractivity contribution is 7.90. The van der Waals surface area contributed by atoms with Crippen molar-refractivity contribution >= 4 is 21.4 Å². The van der Waals surface area contributed by atoms with Crippen molar-refractivity contribution < 1.29 is 8.42 Å². The van der Waals surface area contributed by atoms with E-state index in [0.717, 1.165) is 31.5 Å². The minimum absolute atomic E-state index is 0.196. The Balaban J connectivity index is 2.50. The van der Waals surface area contributed by atoms with Gasteiger partial charge in [-0.25, -0.2) is 8.42 Å². The zero-order chi connectivity index (χ0) is 12.5. The topological polar surface area (TPSA) is 46.2 Å². The van der Waals surface area contributed by atoms with Crippen LogP contribution in [0, 0.1) is 0 Å². The lowest BCUT2D eigenvalue weighted by Crippen LogP contribution is -2.29. The molecule has 0 aromatic heterocycles. The van der Waals surface area contributed by atoms with E-state index in [9.17, 15) is 8.42 Å². The van der Waals surface area contributed by atoms with Crippen LogP contribution < -0.4 is 5.32 Å². The van der Waals surface area contributed by atoms with Crippen molar-refractivity contribution in [3.05, 3.63) is 28.8 Å². The van der Waals surface area contributed by atoms with Gasteiger partial charge in [0.05, 0.1) is 4.90 Å². The highest BCUT2D eigenvalue weighted by atomic mass is 35.5. The first kappa shape index (κ1) is 12.9. The van der Waals surface area contributed by atoms with Crippen LogP contribution in [0.25, 0.3) is 0 Å². The summed E-state index contributed by atoms with van der Waals surface area (Å²) in [5.41, 5.74) is 0.781. The molecule has 1 atom stereocenters. The Kier molecular flexibility index (Phi) is 3.76. The first-order chi connectivity index (χ1) is 8.00. The van der Waals surface area contributed by atoms with Crippen LogP contribution in [-0.2, 0) is 9.84 Å². The molecule has 1 fully saturated rings. The van der Waals surface area contributed by atoms with Gasteiger partial charge in [0.1, 0.15) is 0 Å². The van der Waals surface area contributed by atoms with Crippen molar-refractivity contribution in [2.75, 3.05) is 19.3 Å². The second-order valence-corrected chi connectivity index (χ2v) is 6.86. The van der Waals surface area contributed by atoms with Gasteiger partial charge in [0, 0.05) is 17.8 Å². The maximum atomic E-state index is 11.8. The fourth-order valence-electron chi connectivity index (χ4n) is 2.33. The molecule has 1 aliphatic rings. The van der Waals surface area contributed by atoms with Crippen LogP contribution >= 0.6 is 11.6 Å². The molecular weight excluding hydrogens is 258 g/mol. The summed E-state index contributed by atoms with van der Waals surface area (Å²) >= 11 is 6.18. The summed E-state index contributed by atoms with van der Waals surface area (Å²) in [6, 6.07) is 5.10. The molecule has 1 N–H and O–H groups in total. The summed E-state index contributed by atoms with van der Waals surface area (Å²) in [6.07, 6.45) is 3.27. The zero-order valence-corrected chi connectivity index (χ0v) is 11.3. The number of hydrogen-bond donors (Lipinski definition) is 1. The van der Waals surface area contributed by atoms with Gasteiger partial charge in [0.15, 0.2) is 9.84 Å². The Morgan fingerprint density at radius 2 is 2.18 bits per heavy atom. The molecular formula is C12H16ClNO2S. The molecule has 1 heterocycles. The number of rotatable bonds is 2. The first-order valence-corrected chi connectivity index (χ1v) is 7.96. The van der Waals surface area contributed by atoms with E-state index in [2.05, 4.69) is 5.32 Å². The van der Waals surface area contributed by atoms with E-state index >= 15 is 0 Å². The first-order valence-electron chi connectivity index (χ1n) is 5.69. The predicted octanol–water partition coefficient (Wildman–Crippen LogP) is 2.21. The van der Waals surface area contributed by atoms with Gasteiger partial charge in [-0.15, -0.1) is 0 Å². The Labute approximate surface area is 107 Å². The van der Waals surface area contributed by atoms with Crippen molar-refractivity contribution in [3.63, 3.8) is 0 Å². The number of sulfone groups is 1. The van der Waals surface area contributed by atoms with E-state index in [1.165, 1.54) is 6.26 Å². The van der Waals surface area contributed by atoms with E-state index in [1.807, 2.05) is 0 Å². The number of hydrogen-bond acceptors (Lipinski definition) is 3. The summed E-state index contributed by atoms with van der Waals surface area (Å²) in [5, 5.41) is 3.84. The quantitative estimate of drug-likeness (QED) is 0.899. The maximum absolute atomic E-state index is 11.8. The van der Waals surface area contributed by atoms with Gasteiger partial charge in [-0.3, -0.25) is 0 Å². The van der Waals surface area contributed by atoms with Crippen LogP contribution in [0.5, 0.6) is 0 Å². The smallest absolute Gasteiger partial charge is 0.175 e. The molecule has 0 saturated carbocycles. The van der Waals surface area contributed by atoms with Crippen LogP contribution in [0.4, 0.5) is 0 Å². The third-order valence-corrected chi connectivity index (χ3v) is 4.60. The van der Waals surface area contributed by atoms with Crippen molar-refractivity contribution in [3.8, 4) is 0 Å². The number of halogens is 1. The molecule has 1 aromatic rings. The lowest BCUT2D eigenvalue weighted by atomic mass is 9.91. The van der Waals surface area contributed by atoms with Gasteiger partial charge in [0.25, 0.3) is 0 Å². The van der Waals surface area contributed by atoms with Gasteiger partial charge in [-0.2, -0.15) is 0 Å². The van der Waals surface area contributed by atoms with E-state index < -0.39 is 9.84 Å². The molecule has 1 saturated heterocycles. The van der Waals surface area contributed by atoms with Gasteiger partial charge >= 0.3 is 0 Å². The van der Waals surface area contributed by atoms with Crippen LogP contribution in [0.2, 0.25) is 5.02 Å². The molecule has 0 aliphatic carbocycles. The highest BCUT2D eigenvalue weighted by Gasteiger charge is 2.24. The van der Waals surface area contributed by atoms with E-state index in [1.54, 1.807) is 18.2 Å². The molecule has 5 heteroatoms. The third-order valence-electron chi connectivity index (χ3n) is 3.12. The molecule has 17 heavy (non-hydrogen) atoms. The Morgan fingerprint density at radius 1 is 1.41 bits per heavy atom. The predicted molar refractivity (Wildman–Crippen MR) is 69.4 cm³/mol. The van der Waals surface area contributed by atoms with E-state index in [4.69, 9.17) is 11.6 Å². The van der Waals surface area contributed by atoms with Crippen molar-refractivity contribution in [1.82, 2.24) is 5.32 Å². The lowest BCUT2D eigenvalue weighted by Gasteiger charge is -2.25. The summed E-state index contributed by atoms with van der Waals surface area (Å²) in [6.45, 7) is 1.79. The van der Waals surface area contributed by atoms with Crippen LogP contribution in [-0.4, -0.2) is 27.8 Å². The Morgan fingerprint density at radius 3 is 2.76 bits per heavy atom. The number of nitrogens with one attached hydrogen (secondary N) is 1. The van der Waals surface area contributed by atoms with Gasteiger partial charge < -0.3 is 5.32 Å². The SMILES string of the molecule is CS(=O)(=O)c1cccc(Cl)c1C1CCCNC1. The second kappa shape index (κ2) is 4.96. The normalized spacial score (nSPS) is 21.4. The standard InChI is InChI=1S/C12H16ClNO2S/c1-17(15,16)11-6-2-5-10(13)12(11)9-4-3-7-14-8-9/h2,5-6,9,14H,3-4,7-8H2,1H3. The molecule has 0 amide bonds. The number of benzene rings is 1. The van der Waals surface area contributed by atoms with Gasteiger partial charge in [-0.05, 0) is 43.0 Å². The minimum Gasteiger partial charge on any atom is -0.316 e. The molecule has 0 radical (unpaired) electrons. The molecule has 1 aromatic carbocycles. The maximum Gasteiger partial charge on any atom is 0.175 e. The van der Waals surface area contributed by atoms with Crippen molar-refractivity contribution in [2.45, 2.75) is 23.7 Å². The van der Waals surface area contributed by atoms with E-state index in [0.29, 0.717) is 9.92 Å². The van der Waals surface area contributed by atoms with Crippen LogP contribution in [0.15, 0.2) is 23.1 Å². The largest absolute Gasteiger partial charge is 0.316 e. The zero-order valence-electron chi connectivity index (χ0n) is 9.74. The fourth-order valence-corrected chi connectivity index (χ4v) is 3.72. The number of piperidine rings is 1. The summed E-state index contributed by atoms with van der Waals surface area (Å²) in [5.74, 6) is 0.196. The lowest BCUT2D eigenvalue weighted by molar-refractivity contribution is 0.456. The molecule has 94 valence electrons. The van der Waals surface area contributed by atoms with Crippen molar-refractivity contribution in [1.29, 1.82) is 0 Å². The van der Waals surface area contributed by atoms with Crippen LogP contribution in [0.3, 0.4) is 0 Å². The highest BCUT2D eigenvalue weighted by Crippen LogP contribution is 2.34. The minimum atomic E-state index is -3.22. The molecule has 3 nitrogen and oxygen atoms in total. The van der Waals surface area contributed by atoms with Crippen LogP contribution in [0.1, 0.15) is 24.3 Å². The molecule has 0 bridgehead atoms. The second-order valence-electron chi connectivity index (χ2n) is 4.47. The van der Waals surface area contributed by atoms with E-state index in [-0.39, 0.29) is 5.92 Å². The summed E-state index contributed by atoms with van der Waals surface area (Å²) in [7, 11) is -3.22. The van der Waals surface area contributed by atoms with Gasteiger partial charge in [0.2, 0.25) is 0 Å². The fraction of sp³-hybridized carbons (Fsp3) is 0.500. The third kappa shape index (κ3) is 2.81. The molecule has 2 rings (SSSR count). The summed E-state index contributed by atoms with van der Waals surface area (Å²) < 4.78 is 23.5. The molecule has 1 aliphatic heterocycles. The average molecular weight is 274 g/mol. The van der Waals surface area contributed by atoms with Gasteiger partial charge in [-0.1, -0.05) is 17.7 Å². The Bertz CT molecular complexity index is 507. The van der Waals surface area contributed by atoms with Crippen molar-refractivity contribution in [2.24, 2.45) is 0 Å².